The average molecular weight is 351 g/mol. The molecule has 2 heterocycles. The molecule has 5 heteroatoms. The summed E-state index contributed by atoms with van der Waals surface area (Å²) in [5.74, 6) is 0.372. The molecule has 2 aromatic rings. The van der Waals surface area contributed by atoms with Gasteiger partial charge in [0.1, 0.15) is 0 Å². The average Bonchev–Trinajstić information content (AvgIpc) is 2.86. The third kappa shape index (κ3) is 4.91. The van der Waals surface area contributed by atoms with E-state index in [4.69, 9.17) is 0 Å². The van der Waals surface area contributed by atoms with Crippen LogP contribution in [-0.2, 0) is 22.4 Å². The summed E-state index contributed by atoms with van der Waals surface area (Å²) in [5, 5.41) is 0. The zero-order chi connectivity index (χ0) is 18.4. The maximum absolute atomic E-state index is 12.8. The minimum atomic E-state index is 0.0633. The maximum atomic E-state index is 12.8. The van der Waals surface area contributed by atoms with Crippen molar-refractivity contribution in [3.05, 3.63) is 66.0 Å². The van der Waals surface area contributed by atoms with Crippen LogP contribution in [0.3, 0.4) is 0 Å². The number of rotatable bonds is 4. The van der Waals surface area contributed by atoms with Gasteiger partial charge in [-0.15, -0.1) is 0 Å². The molecule has 0 N–H and O–H groups in total. The Balaban J connectivity index is 1.71. The molecule has 1 aliphatic heterocycles. The first-order valence-corrected chi connectivity index (χ1v) is 9.09. The van der Waals surface area contributed by atoms with Gasteiger partial charge in [-0.05, 0) is 30.0 Å². The van der Waals surface area contributed by atoms with Gasteiger partial charge in [0.15, 0.2) is 0 Å². The van der Waals surface area contributed by atoms with E-state index in [1.54, 1.807) is 13.1 Å². The smallest absolute Gasteiger partial charge is 0.227 e. The molecule has 136 valence electrons. The van der Waals surface area contributed by atoms with Gasteiger partial charge in [0.25, 0.3) is 0 Å². The van der Waals surface area contributed by atoms with E-state index in [9.17, 15) is 9.59 Å². The number of amides is 2. The van der Waals surface area contributed by atoms with Crippen LogP contribution in [0, 0.1) is 5.92 Å². The molecule has 26 heavy (non-hydrogen) atoms. The Hall–Kier alpha value is -2.69. The Labute approximate surface area is 154 Å². The predicted molar refractivity (Wildman–Crippen MR) is 100 cm³/mol. The van der Waals surface area contributed by atoms with Crippen molar-refractivity contribution in [1.29, 1.82) is 0 Å². The molecule has 0 bridgehead atoms. The first-order valence-electron chi connectivity index (χ1n) is 9.09. The number of hydrogen-bond acceptors (Lipinski definition) is 3. The van der Waals surface area contributed by atoms with Crippen LogP contribution in [0.15, 0.2) is 54.7 Å². The molecule has 0 spiro atoms. The number of benzene rings is 1. The Bertz CT molecular complexity index is 733. The molecule has 3 rings (SSSR count). The second-order valence-corrected chi connectivity index (χ2v) is 6.86. The van der Waals surface area contributed by atoms with Crippen LogP contribution < -0.4 is 0 Å². The van der Waals surface area contributed by atoms with Crippen LogP contribution in [0.1, 0.15) is 18.2 Å². The molecule has 1 aliphatic rings. The van der Waals surface area contributed by atoms with Crippen LogP contribution >= 0.6 is 0 Å². The van der Waals surface area contributed by atoms with Crippen LogP contribution in [0.2, 0.25) is 0 Å². The highest BCUT2D eigenvalue weighted by Crippen LogP contribution is 2.16. The molecule has 1 saturated heterocycles. The summed E-state index contributed by atoms with van der Waals surface area (Å²) >= 11 is 0. The van der Waals surface area contributed by atoms with Crippen LogP contribution in [0.4, 0.5) is 0 Å². The first kappa shape index (κ1) is 18.1. The normalized spacial score (nSPS) is 17.7. The fraction of sp³-hybridized carbons (Fsp3) is 0.381. The number of hydrogen-bond donors (Lipinski definition) is 0. The third-order valence-electron chi connectivity index (χ3n) is 4.82. The fourth-order valence-electron chi connectivity index (χ4n) is 3.44. The van der Waals surface area contributed by atoms with Crippen LogP contribution in [-0.4, -0.2) is 52.8 Å². The van der Waals surface area contributed by atoms with Gasteiger partial charge < -0.3 is 9.80 Å². The number of pyridine rings is 1. The largest absolute Gasteiger partial charge is 0.341 e. The molecule has 0 radical (unpaired) electrons. The SMILES string of the molecule is CC(=O)N1CCN(C(=O)Cc2ccccc2)C[C@H](Cc2ccccn2)C1. The van der Waals surface area contributed by atoms with Gasteiger partial charge in [-0.3, -0.25) is 14.6 Å². The highest BCUT2D eigenvalue weighted by molar-refractivity contribution is 5.79. The van der Waals surface area contributed by atoms with Crippen molar-refractivity contribution in [1.82, 2.24) is 14.8 Å². The quantitative estimate of drug-likeness (QED) is 0.848. The van der Waals surface area contributed by atoms with Gasteiger partial charge in [0.2, 0.25) is 11.8 Å². The van der Waals surface area contributed by atoms with E-state index >= 15 is 0 Å². The van der Waals surface area contributed by atoms with E-state index in [2.05, 4.69) is 4.98 Å². The van der Waals surface area contributed by atoms with Crippen molar-refractivity contribution in [2.75, 3.05) is 26.2 Å². The summed E-state index contributed by atoms with van der Waals surface area (Å²) in [7, 11) is 0. The van der Waals surface area contributed by atoms with Gasteiger partial charge in [-0.1, -0.05) is 36.4 Å². The van der Waals surface area contributed by atoms with Crippen LogP contribution in [0.5, 0.6) is 0 Å². The number of carbonyl (C=O) groups is 2. The lowest BCUT2D eigenvalue weighted by Crippen LogP contribution is -2.37. The summed E-state index contributed by atoms with van der Waals surface area (Å²) in [4.78, 5) is 32.9. The molecule has 1 fully saturated rings. The molecular weight excluding hydrogens is 326 g/mol. The van der Waals surface area contributed by atoms with Crippen molar-refractivity contribution in [3.63, 3.8) is 0 Å². The lowest BCUT2D eigenvalue weighted by atomic mass is 10.0. The molecule has 1 atom stereocenters. The lowest BCUT2D eigenvalue weighted by Gasteiger charge is -2.24. The highest BCUT2D eigenvalue weighted by atomic mass is 16.2. The zero-order valence-electron chi connectivity index (χ0n) is 15.2. The molecule has 0 aliphatic carbocycles. The fourth-order valence-corrected chi connectivity index (χ4v) is 3.44. The second kappa shape index (κ2) is 8.61. The number of nitrogens with zero attached hydrogens (tertiary/aromatic N) is 3. The van der Waals surface area contributed by atoms with E-state index in [1.807, 2.05) is 58.3 Å². The van der Waals surface area contributed by atoms with E-state index in [0.717, 1.165) is 17.7 Å². The summed E-state index contributed by atoms with van der Waals surface area (Å²) in [5.41, 5.74) is 2.02. The van der Waals surface area contributed by atoms with Gasteiger partial charge in [0, 0.05) is 45.0 Å². The summed E-state index contributed by atoms with van der Waals surface area (Å²) in [6, 6.07) is 15.7. The van der Waals surface area contributed by atoms with Crippen molar-refractivity contribution in [2.24, 2.45) is 5.92 Å². The predicted octanol–water partition coefficient (Wildman–Crippen LogP) is 2.17. The third-order valence-corrected chi connectivity index (χ3v) is 4.82. The summed E-state index contributed by atoms with van der Waals surface area (Å²) in [6.07, 6.45) is 2.95. The Kier molecular flexibility index (Phi) is 6.00. The monoisotopic (exact) mass is 351 g/mol. The molecule has 0 unspecified atom stereocenters. The standard InChI is InChI=1S/C21H25N3O2/c1-17(25)23-11-12-24(21(26)14-18-7-3-2-4-8-18)16-19(15-23)13-20-9-5-6-10-22-20/h2-10,19H,11-16H2,1H3/t19-/m1/s1. The van der Waals surface area contributed by atoms with Gasteiger partial charge in [-0.25, -0.2) is 0 Å². The molecule has 2 amide bonds. The first-order chi connectivity index (χ1) is 12.6. The molecule has 0 saturated carbocycles. The molecule has 5 nitrogen and oxygen atoms in total. The van der Waals surface area contributed by atoms with Crippen molar-refractivity contribution in [2.45, 2.75) is 19.8 Å². The molecule has 1 aromatic heterocycles. The van der Waals surface area contributed by atoms with E-state index in [0.29, 0.717) is 32.6 Å². The van der Waals surface area contributed by atoms with Crippen molar-refractivity contribution >= 4 is 11.8 Å². The van der Waals surface area contributed by atoms with E-state index in [-0.39, 0.29) is 17.7 Å². The minimum absolute atomic E-state index is 0.0633. The Morgan fingerprint density at radius 1 is 1.00 bits per heavy atom. The van der Waals surface area contributed by atoms with E-state index < -0.39 is 0 Å². The number of carbonyl (C=O) groups excluding carboxylic acids is 2. The van der Waals surface area contributed by atoms with Crippen molar-refractivity contribution < 1.29 is 9.59 Å². The summed E-state index contributed by atoms with van der Waals surface area (Å²) < 4.78 is 0. The van der Waals surface area contributed by atoms with Crippen molar-refractivity contribution in [3.8, 4) is 0 Å². The highest BCUT2D eigenvalue weighted by Gasteiger charge is 2.27. The summed E-state index contributed by atoms with van der Waals surface area (Å²) in [6.45, 7) is 4.10. The Morgan fingerprint density at radius 2 is 1.69 bits per heavy atom. The Morgan fingerprint density at radius 3 is 2.38 bits per heavy atom. The van der Waals surface area contributed by atoms with Gasteiger partial charge in [-0.2, -0.15) is 0 Å². The molecule has 1 aromatic carbocycles. The lowest BCUT2D eigenvalue weighted by molar-refractivity contribution is -0.132. The number of aromatic nitrogens is 1. The van der Waals surface area contributed by atoms with E-state index in [1.165, 1.54) is 0 Å². The molecular formula is C21H25N3O2. The van der Waals surface area contributed by atoms with Gasteiger partial charge in [0.05, 0.1) is 6.42 Å². The van der Waals surface area contributed by atoms with Gasteiger partial charge >= 0.3 is 0 Å². The maximum Gasteiger partial charge on any atom is 0.227 e. The zero-order valence-corrected chi connectivity index (χ0v) is 15.2. The second-order valence-electron chi connectivity index (χ2n) is 6.86. The minimum Gasteiger partial charge on any atom is -0.341 e. The van der Waals surface area contributed by atoms with Crippen LogP contribution in [0.25, 0.3) is 0 Å². The topological polar surface area (TPSA) is 53.5 Å².